The van der Waals surface area contributed by atoms with E-state index in [4.69, 9.17) is 9.47 Å². The van der Waals surface area contributed by atoms with E-state index < -0.39 is 6.04 Å². The van der Waals surface area contributed by atoms with Gasteiger partial charge in [0.05, 0.1) is 13.0 Å². The third-order valence-corrected chi connectivity index (χ3v) is 5.38. The van der Waals surface area contributed by atoms with Gasteiger partial charge in [0.15, 0.2) is 0 Å². The Morgan fingerprint density at radius 2 is 1.53 bits per heavy atom. The van der Waals surface area contributed by atoms with Gasteiger partial charge in [0.2, 0.25) is 5.91 Å². The molecule has 1 aliphatic rings. The van der Waals surface area contributed by atoms with Gasteiger partial charge in [-0.1, -0.05) is 42.5 Å². The molecule has 2 atom stereocenters. The van der Waals surface area contributed by atoms with E-state index in [0.717, 1.165) is 23.2 Å². The molecule has 0 aromatic heterocycles. The molecule has 1 heterocycles. The van der Waals surface area contributed by atoms with Crippen LogP contribution in [0, 0.1) is 5.92 Å². The summed E-state index contributed by atoms with van der Waals surface area (Å²) in [6.45, 7) is 0.505. The van der Waals surface area contributed by atoms with Crippen LogP contribution >= 0.6 is 0 Å². The van der Waals surface area contributed by atoms with Crippen molar-refractivity contribution in [3.05, 3.63) is 90.0 Å². The largest absolute Gasteiger partial charge is 0.497 e. The summed E-state index contributed by atoms with van der Waals surface area (Å²) in [4.78, 5) is 26.0. The zero-order valence-corrected chi connectivity index (χ0v) is 16.7. The molecule has 3 aromatic rings. The second-order valence-corrected chi connectivity index (χ2v) is 7.26. The molecule has 5 nitrogen and oxygen atoms in total. The molecule has 5 heteroatoms. The molecule has 30 heavy (non-hydrogen) atoms. The fraction of sp³-hybridized carbons (Fsp3) is 0.200. The van der Waals surface area contributed by atoms with Gasteiger partial charge in [0, 0.05) is 5.69 Å². The van der Waals surface area contributed by atoms with Crippen LogP contribution in [0.1, 0.15) is 11.1 Å². The number of hydrogen-bond donors (Lipinski definition) is 0. The van der Waals surface area contributed by atoms with Gasteiger partial charge in [-0.05, 0) is 53.9 Å². The Morgan fingerprint density at radius 3 is 2.17 bits per heavy atom. The highest BCUT2D eigenvalue weighted by Gasteiger charge is 2.47. The molecule has 0 N–H and O–H groups in total. The summed E-state index contributed by atoms with van der Waals surface area (Å²) < 4.78 is 11.0. The van der Waals surface area contributed by atoms with Crippen LogP contribution in [0.2, 0.25) is 0 Å². The minimum atomic E-state index is -0.458. The van der Waals surface area contributed by atoms with Crippen molar-refractivity contribution in [3.8, 4) is 11.5 Å². The number of carbonyl (C=O) groups excluding carboxylic acids is 2. The van der Waals surface area contributed by atoms with Crippen LogP contribution in [0.5, 0.6) is 11.5 Å². The number of methoxy groups -OCH3 is 1. The van der Waals surface area contributed by atoms with Gasteiger partial charge in [-0.15, -0.1) is 0 Å². The van der Waals surface area contributed by atoms with Crippen LogP contribution < -0.4 is 14.4 Å². The lowest BCUT2D eigenvalue weighted by Gasteiger charge is -2.44. The minimum Gasteiger partial charge on any atom is -0.497 e. The van der Waals surface area contributed by atoms with Crippen molar-refractivity contribution in [2.24, 2.45) is 5.92 Å². The molecule has 0 bridgehead atoms. The first kappa shape index (κ1) is 19.7. The molecule has 0 spiro atoms. The molecule has 0 unspecified atom stereocenters. The maximum Gasteiger partial charge on any atom is 0.233 e. The summed E-state index contributed by atoms with van der Waals surface area (Å²) in [7, 11) is 1.59. The Balaban J connectivity index is 1.37. The molecule has 0 aliphatic carbocycles. The number of β-lactam (4-membered cyclic amide) rings is 1. The molecular formula is C25H23NO4. The first-order valence-corrected chi connectivity index (χ1v) is 9.87. The van der Waals surface area contributed by atoms with Gasteiger partial charge in [-0.2, -0.15) is 0 Å². The normalized spacial score (nSPS) is 17.9. The molecule has 4 rings (SSSR count). The van der Waals surface area contributed by atoms with Crippen molar-refractivity contribution in [1.29, 1.82) is 0 Å². The quantitative estimate of drug-likeness (QED) is 0.422. The number of nitrogens with zero attached hydrogens (tertiary/aromatic N) is 1. The van der Waals surface area contributed by atoms with Gasteiger partial charge in [-0.3, -0.25) is 4.79 Å². The lowest BCUT2D eigenvalue weighted by atomic mass is 9.82. The number of rotatable bonds is 8. The number of hydrogen-bond acceptors (Lipinski definition) is 4. The van der Waals surface area contributed by atoms with E-state index in [0.29, 0.717) is 24.5 Å². The van der Waals surface area contributed by atoms with Gasteiger partial charge in [-0.25, -0.2) is 0 Å². The lowest BCUT2D eigenvalue weighted by Crippen LogP contribution is -2.62. The zero-order valence-electron chi connectivity index (χ0n) is 16.7. The van der Waals surface area contributed by atoms with Crippen molar-refractivity contribution < 1.29 is 19.1 Å². The van der Waals surface area contributed by atoms with Gasteiger partial charge >= 0.3 is 0 Å². The maximum atomic E-state index is 12.7. The van der Waals surface area contributed by atoms with Crippen molar-refractivity contribution in [1.82, 2.24) is 0 Å². The molecule has 3 aromatic carbocycles. The standard InChI is InChI=1S/C25H23NO4/c1-29-21-13-9-20(10-14-21)26-24(16-27)23(25(26)28)15-18-7-11-22(12-8-18)30-17-19-5-3-2-4-6-19/h2-14,16,23-24H,15,17H2,1H3/t23-,24+/m0/s1. The SMILES string of the molecule is COc1ccc(N2C(=O)[C@@H](Cc3ccc(OCc4ccccc4)cc3)[C@H]2C=O)cc1. The van der Waals surface area contributed by atoms with E-state index in [1.165, 1.54) is 0 Å². The van der Waals surface area contributed by atoms with Crippen LogP contribution in [0.4, 0.5) is 5.69 Å². The van der Waals surface area contributed by atoms with Gasteiger partial charge < -0.3 is 19.2 Å². The Hall–Kier alpha value is -3.60. The smallest absolute Gasteiger partial charge is 0.233 e. The molecular weight excluding hydrogens is 378 g/mol. The van der Waals surface area contributed by atoms with Crippen LogP contribution in [0.25, 0.3) is 0 Å². The molecule has 0 radical (unpaired) electrons. The highest BCUT2D eigenvalue weighted by atomic mass is 16.5. The predicted molar refractivity (Wildman–Crippen MR) is 115 cm³/mol. The predicted octanol–water partition coefficient (Wildman–Crippen LogP) is 4.05. The van der Waals surface area contributed by atoms with Gasteiger partial charge in [0.1, 0.15) is 30.4 Å². The molecule has 1 fully saturated rings. The fourth-order valence-corrected chi connectivity index (χ4v) is 3.69. The molecule has 0 saturated carbocycles. The second-order valence-electron chi connectivity index (χ2n) is 7.26. The van der Waals surface area contributed by atoms with E-state index in [2.05, 4.69) is 0 Å². The zero-order chi connectivity index (χ0) is 20.9. The van der Waals surface area contributed by atoms with Crippen molar-refractivity contribution >= 4 is 17.9 Å². The van der Waals surface area contributed by atoms with Crippen molar-refractivity contribution in [2.45, 2.75) is 19.1 Å². The molecule has 1 aliphatic heterocycles. The average molecular weight is 401 g/mol. The topological polar surface area (TPSA) is 55.8 Å². The maximum absolute atomic E-state index is 12.7. The monoisotopic (exact) mass is 401 g/mol. The van der Waals surface area contributed by atoms with Gasteiger partial charge in [0.25, 0.3) is 0 Å². The van der Waals surface area contributed by atoms with Crippen LogP contribution in [-0.2, 0) is 22.6 Å². The number of carbonyl (C=O) groups is 2. The van der Waals surface area contributed by atoms with Crippen LogP contribution in [0.3, 0.4) is 0 Å². The summed E-state index contributed by atoms with van der Waals surface area (Å²) in [5.41, 5.74) is 2.81. The Kier molecular flexibility index (Phi) is 5.80. The van der Waals surface area contributed by atoms with E-state index in [1.54, 1.807) is 36.3 Å². The molecule has 1 amide bonds. The van der Waals surface area contributed by atoms with Crippen LogP contribution in [-0.4, -0.2) is 25.3 Å². The number of aldehydes is 1. The number of benzene rings is 3. The average Bonchev–Trinajstić information content (AvgIpc) is 2.81. The summed E-state index contributed by atoms with van der Waals surface area (Å²) >= 11 is 0. The first-order valence-electron chi connectivity index (χ1n) is 9.87. The number of ether oxygens (including phenoxy) is 2. The third-order valence-electron chi connectivity index (χ3n) is 5.38. The molecule has 1 saturated heterocycles. The summed E-state index contributed by atoms with van der Waals surface area (Å²) in [5, 5.41) is 0. The number of amides is 1. The van der Waals surface area contributed by atoms with Crippen molar-refractivity contribution in [2.75, 3.05) is 12.0 Å². The Labute approximate surface area is 175 Å². The van der Waals surface area contributed by atoms with E-state index in [9.17, 15) is 9.59 Å². The second kappa shape index (κ2) is 8.82. The van der Waals surface area contributed by atoms with E-state index >= 15 is 0 Å². The van der Waals surface area contributed by atoms with Crippen molar-refractivity contribution in [3.63, 3.8) is 0 Å². The van der Waals surface area contributed by atoms with E-state index in [-0.39, 0.29) is 11.8 Å². The molecule has 152 valence electrons. The third kappa shape index (κ3) is 4.06. The highest BCUT2D eigenvalue weighted by Crippen LogP contribution is 2.34. The summed E-state index contributed by atoms with van der Waals surface area (Å²) in [6, 6.07) is 24.4. The lowest BCUT2D eigenvalue weighted by molar-refractivity contribution is -0.133. The Morgan fingerprint density at radius 1 is 0.867 bits per heavy atom. The summed E-state index contributed by atoms with van der Waals surface area (Å²) in [6.07, 6.45) is 1.38. The van der Waals surface area contributed by atoms with Crippen LogP contribution in [0.15, 0.2) is 78.9 Å². The minimum absolute atomic E-state index is 0.0401. The fourth-order valence-electron chi connectivity index (χ4n) is 3.69. The number of anilines is 1. The Bertz CT molecular complexity index is 1000. The summed E-state index contributed by atoms with van der Waals surface area (Å²) in [5.74, 6) is 1.09. The highest BCUT2D eigenvalue weighted by molar-refractivity contribution is 6.08. The first-order chi connectivity index (χ1) is 14.7. The van der Waals surface area contributed by atoms with E-state index in [1.807, 2.05) is 54.6 Å².